The highest BCUT2D eigenvalue weighted by molar-refractivity contribution is 7.98. The summed E-state index contributed by atoms with van der Waals surface area (Å²) in [4.78, 5) is 11.4. The van der Waals surface area contributed by atoms with E-state index in [4.69, 9.17) is 0 Å². The van der Waals surface area contributed by atoms with Crippen LogP contribution in [0.5, 0.6) is 0 Å². The number of carbonyl (C=O) groups is 1. The standard InChI is InChI=1S/C13H19N5O2S/c1-8-10(9(2)17(3)15-8)12-11(13(19)20)14-16-18(12)6-5-7-21-4/h5-7H2,1-4H3,(H,19,20). The molecule has 0 aliphatic carbocycles. The van der Waals surface area contributed by atoms with Crippen LogP contribution in [0.4, 0.5) is 0 Å². The summed E-state index contributed by atoms with van der Waals surface area (Å²) in [7, 11) is 1.84. The Labute approximate surface area is 127 Å². The molecule has 0 radical (unpaired) electrons. The highest BCUT2D eigenvalue weighted by Gasteiger charge is 2.25. The van der Waals surface area contributed by atoms with E-state index in [0.29, 0.717) is 12.2 Å². The Hall–Kier alpha value is -1.83. The van der Waals surface area contributed by atoms with Gasteiger partial charge in [0.2, 0.25) is 0 Å². The second-order valence-corrected chi connectivity index (χ2v) is 5.82. The van der Waals surface area contributed by atoms with Crippen LogP contribution in [-0.4, -0.2) is 47.9 Å². The minimum absolute atomic E-state index is 0.0154. The molecular weight excluding hydrogens is 290 g/mol. The van der Waals surface area contributed by atoms with Gasteiger partial charge in [0.25, 0.3) is 0 Å². The second kappa shape index (κ2) is 6.30. The van der Waals surface area contributed by atoms with E-state index in [-0.39, 0.29) is 5.69 Å². The van der Waals surface area contributed by atoms with Crippen molar-refractivity contribution >= 4 is 17.7 Å². The third kappa shape index (κ3) is 2.94. The van der Waals surface area contributed by atoms with Crippen molar-refractivity contribution in [2.45, 2.75) is 26.8 Å². The molecule has 0 amide bonds. The maximum absolute atomic E-state index is 11.4. The number of carboxylic acid groups (broad SMARTS) is 1. The number of thioether (sulfide) groups is 1. The summed E-state index contributed by atoms with van der Waals surface area (Å²) >= 11 is 1.75. The fraction of sp³-hybridized carbons (Fsp3) is 0.538. The Morgan fingerprint density at radius 2 is 2.10 bits per heavy atom. The van der Waals surface area contributed by atoms with Gasteiger partial charge in [-0.25, -0.2) is 9.48 Å². The molecule has 0 unspecified atom stereocenters. The topological polar surface area (TPSA) is 85.8 Å². The Morgan fingerprint density at radius 3 is 2.62 bits per heavy atom. The van der Waals surface area contributed by atoms with Crippen LogP contribution >= 0.6 is 11.8 Å². The van der Waals surface area contributed by atoms with Gasteiger partial charge in [0.05, 0.1) is 5.69 Å². The van der Waals surface area contributed by atoms with Gasteiger partial charge in [-0.3, -0.25) is 4.68 Å². The van der Waals surface area contributed by atoms with Crippen LogP contribution in [0.3, 0.4) is 0 Å². The minimum Gasteiger partial charge on any atom is -0.476 e. The minimum atomic E-state index is -1.07. The fourth-order valence-electron chi connectivity index (χ4n) is 2.34. The Balaban J connectivity index is 2.53. The number of rotatable bonds is 6. The lowest BCUT2D eigenvalue weighted by Crippen LogP contribution is -2.07. The molecule has 0 saturated carbocycles. The van der Waals surface area contributed by atoms with Crippen LogP contribution < -0.4 is 0 Å². The third-order valence-electron chi connectivity index (χ3n) is 3.40. The number of carboxylic acids is 1. The lowest BCUT2D eigenvalue weighted by molar-refractivity contribution is 0.0691. The normalized spacial score (nSPS) is 11.0. The predicted octanol–water partition coefficient (Wildman–Crippen LogP) is 1.75. The first-order valence-electron chi connectivity index (χ1n) is 6.63. The molecular formula is C13H19N5O2S. The number of hydrogen-bond donors (Lipinski definition) is 1. The van der Waals surface area contributed by atoms with Gasteiger partial charge >= 0.3 is 5.97 Å². The van der Waals surface area contributed by atoms with E-state index in [0.717, 1.165) is 29.1 Å². The molecule has 0 aliphatic heterocycles. The molecule has 114 valence electrons. The van der Waals surface area contributed by atoms with Gasteiger partial charge in [0.15, 0.2) is 5.69 Å². The summed E-state index contributed by atoms with van der Waals surface area (Å²) in [5, 5.41) is 21.6. The quantitative estimate of drug-likeness (QED) is 0.818. The first kappa shape index (κ1) is 15.6. The zero-order valence-corrected chi connectivity index (χ0v) is 13.4. The molecule has 0 spiro atoms. The Kier molecular flexibility index (Phi) is 4.66. The summed E-state index contributed by atoms with van der Waals surface area (Å²) in [6.07, 6.45) is 2.95. The van der Waals surface area contributed by atoms with E-state index >= 15 is 0 Å². The number of aryl methyl sites for hydroxylation is 3. The molecule has 0 aliphatic rings. The number of nitrogens with zero attached hydrogens (tertiary/aromatic N) is 5. The number of aromatic carboxylic acids is 1. The molecule has 21 heavy (non-hydrogen) atoms. The summed E-state index contributed by atoms with van der Waals surface area (Å²) in [5.74, 6) is -0.0732. The molecule has 2 aromatic rings. The highest BCUT2D eigenvalue weighted by atomic mass is 32.2. The van der Waals surface area contributed by atoms with Gasteiger partial charge in [-0.15, -0.1) is 5.10 Å². The van der Waals surface area contributed by atoms with E-state index in [9.17, 15) is 9.90 Å². The molecule has 2 heterocycles. The highest BCUT2D eigenvalue weighted by Crippen LogP contribution is 2.29. The molecule has 8 heteroatoms. The maximum Gasteiger partial charge on any atom is 0.358 e. The third-order valence-corrected chi connectivity index (χ3v) is 4.10. The average molecular weight is 309 g/mol. The molecule has 2 aromatic heterocycles. The van der Waals surface area contributed by atoms with Gasteiger partial charge < -0.3 is 5.11 Å². The van der Waals surface area contributed by atoms with Crippen molar-refractivity contribution in [3.63, 3.8) is 0 Å². The van der Waals surface area contributed by atoms with Crippen molar-refractivity contribution in [1.29, 1.82) is 0 Å². The molecule has 1 N–H and O–H groups in total. The van der Waals surface area contributed by atoms with Crippen molar-refractivity contribution in [2.75, 3.05) is 12.0 Å². The lowest BCUT2D eigenvalue weighted by atomic mass is 10.1. The molecule has 0 bridgehead atoms. The summed E-state index contributed by atoms with van der Waals surface area (Å²) in [5.41, 5.74) is 3.03. The van der Waals surface area contributed by atoms with E-state index in [2.05, 4.69) is 15.4 Å². The largest absolute Gasteiger partial charge is 0.476 e. The van der Waals surface area contributed by atoms with Crippen molar-refractivity contribution in [1.82, 2.24) is 24.8 Å². The van der Waals surface area contributed by atoms with Crippen molar-refractivity contribution < 1.29 is 9.90 Å². The lowest BCUT2D eigenvalue weighted by Gasteiger charge is -2.07. The van der Waals surface area contributed by atoms with E-state index in [1.165, 1.54) is 0 Å². The first-order chi connectivity index (χ1) is 9.97. The van der Waals surface area contributed by atoms with Crippen molar-refractivity contribution in [3.8, 4) is 11.3 Å². The summed E-state index contributed by atoms with van der Waals surface area (Å²) in [6.45, 7) is 4.43. The van der Waals surface area contributed by atoms with Gasteiger partial charge in [-0.1, -0.05) is 5.21 Å². The molecule has 2 rings (SSSR count). The summed E-state index contributed by atoms with van der Waals surface area (Å²) < 4.78 is 3.42. The number of aromatic nitrogens is 5. The van der Waals surface area contributed by atoms with Crippen LogP contribution in [0.2, 0.25) is 0 Å². The van der Waals surface area contributed by atoms with Crippen LogP contribution in [0.1, 0.15) is 28.3 Å². The molecule has 0 aromatic carbocycles. The van der Waals surface area contributed by atoms with Crippen LogP contribution in [0.15, 0.2) is 0 Å². The van der Waals surface area contributed by atoms with Gasteiger partial charge in [-0.05, 0) is 32.3 Å². The van der Waals surface area contributed by atoms with Crippen LogP contribution in [-0.2, 0) is 13.6 Å². The van der Waals surface area contributed by atoms with Crippen molar-refractivity contribution in [3.05, 3.63) is 17.1 Å². The monoisotopic (exact) mass is 309 g/mol. The van der Waals surface area contributed by atoms with E-state index in [1.807, 2.05) is 27.2 Å². The first-order valence-corrected chi connectivity index (χ1v) is 8.03. The second-order valence-electron chi connectivity index (χ2n) is 4.83. The fourth-order valence-corrected chi connectivity index (χ4v) is 2.75. The summed E-state index contributed by atoms with van der Waals surface area (Å²) in [6, 6.07) is 0. The zero-order valence-electron chi connectivity index (χ0n) is 12.6. The SMILES string of the molecule is CSCCCn1nnc(C(=O)O)c1-c1c(C)nn(C)c1C. The Bertz CT molecular complexity index is 662. The molecule has 0 atom stereocenters. The number of hydrogen-bond acceptors (Lipinski definition) is 5. The Morgan fingerprint density at radius 1 is 1.38 bits per heavy atom. The van der Waals surface area contributed by atoms with Gasteiger partial charge in [-0.2, -0.15) is 16.9 Å². The van der Waals surface area contributed by atoms with Gasteiger partial charge in [0, 0.05) is 24.8 Å². The van der Waals surface area contributed by atoms with Gasteiger partial charge in [0.1, 0.15) is 5.69 Å². The zero-order chi connectivity index (χ0) is 15.6. The van der Waals surface area contributed by atoms with Crippen molar-refractivity contribution in [2.24, 2.45) is 7.05 Å². The van der Waals surface area contributed by atoms with Crippen LogP contribution in [0, 0.1) is 13.8 Å². The molecule has 0 saturated heterocycles. The smallest absolute Gasteiger partial charge is 0.358 e. The van der Waals surface area contributed by atoms with E-state index in [1.54, 1.807) is 21.1 Å². The maximum atomic E-state index is 11.4. The molecule has 7 nitrogen and oxygen atoms in total. The molecule has 0 fully saturated rings. The van der Waals surface area contributed by atoms with E-state index < -0.39 is 5.97 Å². The average Bonchev–Trinajstić information content (AvgIpc) is 2.92. The predicted molar refractivity (Wildman–Crippen MR) is 81.7 cm³/mol. The van der Waals surface area contributed by atoms with Crippen LogP contribution in [0.25, 0.3) is 11.3 Å².